The Morgan fingerprint density at radius 1 is 1.53 bits per heavy atom. The topological polar surface area (TPSA) is 37.8 Å². The summed E-state index contributed by atoms with van der Waals surface area (Å²) in [4.78, 5) is 8.47. The van der Waals surface area contributed by atoms with Crippen LogP contribution in [0.15, 0.2) is 23.8 Å². The highest BCUT2D eigenvalue weighted by atomic mass is 35.5. The van der Waals surface area contributed by atoms with Gasteiger partial charge in [0.05, 0.1) is 10.0 Å². The fourth-order valence-corrected chi connectivity index (χ4v) is 2.78. The Hall–Kier alpha value is -0.970. The summed E-state index contributed by atoms with van der Waals surface area (Å²) in [7, 11) is 1.93. The molecule has 0 saturated heterocycles. The van der Waals surface area contributed by atoms with Crippen LogP contribution in [0.3, 0.4) is 0 Å². The quantitative estimate of drug-likeness (QED) is 0.925. The summed E-state index contributed by atoms with van der Waals surface area (Å²) >= 11 is 7.83. The number of aryl methyl sites for hydroxylation is 1. The highest BCUT2D eigenvalue weighted by Crippen LogP contribution is 2.25. The van der Waals surface area contributed by atoms with Gasteiger partial charge >= 0.3 is 0 Å². The van der Waals surface area contributed by atoms with Crippen LogP contribution in [0.25, 0.3) is 0 Å². The smallest absolute Gasteiger partial charge is 0.0947 e. The van der Waals surface area contributed by atoms with Gasteiger partial charge in [-0.2, -0.15) is 0 Å². The minimum absolute atomic E-state index is 0.177. The molecule has 0 aromatic carbocycles. The van der Waals surface area contributed by atoms with Gasteiger partial charge in [-0.25, -0.2) is 4.98 Å². The zero-order valence-electron chi connectivity index (χ0n) is 9.77. The Balaban J connectivity index is 2.20. The molecule has 0 aliphatic rings. The number of rotatable bonds is 4. The molecule has 2 heterocycles. The van der Waals surface area contributed by atoms with Crippen LogP contribution in [0.2, 0.25) is 5.02 Å². The lowest BCUT2D eigenvalue weighted by atomic mass is 10.1. The average Bonchev–Trinajstić information content (AvgIpc) is 2.73. The molecular weight excluding hydrogens is 254 g/mol. The molecule has 0 amide bonds. The van der Waals surface area contributed by atoms with Gasteiger partial charge in [0.15, 0.2) is 0 Å². The van der Waals surface area contributed by atoms with Crippen LogP contribution in [0.5, 0.6) is 0 Å². The Bertz CT molecular complexity index is 498. The van der Waals surface area contributed by atoms with Crippen molar-refractivity contribution in [2.75, 3.05) is 7.05 Å². The molecule has 0 radical (unpaired) electrons. The molecule has 0 saturated carbocycles. The van der Waals surface area contributed by atoms with E-state index >= 15 is 0 Å². The van der Waals surface area contributed by atoms with Crippen molar-refractivity contribution >= 4 is 22.9 Å². The predicted molar refractivity (Wildman–Crippen MR) is 71.6 cm³/mol. The number of likely N-dealkylation sites (N-methyl/N-ethyl adjacent to an activating group) is 1. The lowest BCUT2D eigenvalue weighted by Crippen LogP contribution is -2.19. The minimum Gasteiger partial charge on any atom is -0.313 e. The Kier molecular flexibility index (Phi) is 4.10. The van der Waals surface area contributed by atoms with Crippen LogP contribution in [0.1, 0.15) is 22.3 Å². The molecule has 1 N–H and O–H groups in total. The number of nitrogens with zero attached hydrogens (tertiary/aromatic N) is 2. The zero-order chi connectivity index (χ0) is 12.3. The molecule has 90 valence electrons. The minimum atomic E-state index is 0.177. The Labute approximate surface area is 110 Å². The molecule has 1 atom stereocenters. The molecule has 3 nitrogen and oxygen atoms in total. The summed E-state index contributed by atoms with van der Waals surface area (Å²) < 4.78 is 0. The summed E-state index contributed by atoms with van der Waals surface area (Å²) in [5.74, 6) is 0. The van der Waals surface area contributed by atoms with Gasteiger partial charge in [0.25, 0.3) is 0 Å². The number of halogens is 1. The first-order valence-electron chi connectivity index (χ1n) is 5.38. The Morgan fingerprint density at radius 3 is 2.94 bits per heavy atom. The second kappa shape index (κ2) is 5.58. The summed E-state index contributed by atoms with van der Waals surface area (Å²) in [5, 5.41) is 7.15. The Morgan fingerprint density at radius 2 is 2.35 bits per heavy atom. The van der Waals surface area contributed by atoms with Gasteiger partial charge in [-0.3, -0.25) is 4.98 Å². The molecule has 0 fully saturated rings. The van der Waals surface area contributed by atoms with Gasteiger partial charge < -0.3 is 5.32 Å². The van der Waals surface area contributed by atoms with Crippen LogP contribution in [-0.2, 0) is 6.42 Å². The highest BCUT2D eigenvalue weighted by molar-refractivity contribution is 7.09. The van der Waals surface area contributed by atoms with E-state index in [0.717, 1.165) is 22.7 Å². The first-order valence-corrected chi connectivity index (χ1v) is 6.64. The molecule has 2 aromatic rings. The van der Waals surface area contributed by atoms with E-state index in [4.69, 9.17) is 11.6 Å². The predicted octanol–water partition coefficient (Wildman–Crippen LogP) is 3.00. The highest BCUT2D eigenvalue weighted by Gasteiger charge is 2.14. The van der Waals surface area contributed by atoms with E-state index in [1.165, 1.54) is 0 Å². The lowest BCUT2D eigenvalue weighted by molar-refractivity contribution is 0.589. The van der Waals surface area contributed by atoms with Crippen LogP contribution in [-0.4, -0.2) is 17.0 Å². The van der Waals surface area contributed by atoms with Crippen molar-refractivity contribution in [2.45, 2.75) is 19.4 Å². The van der Waals surface area contributed by atoms with E-state index in [1.807, 2.05) is 20.0 Å². The third-order valence-electron chi connectivity index (χ3n) is 2.57. The van der Waals surface area contributed by atoms with Crippen molar-refractivity contribution in [2.24, 2.45) is 0 Å². The third kappa shape index (κ3) is 3.03. The van der Waals surface area contributed by atoms with Gasteiger partial charge in [0, 0.05) is 35.9 Å². The molecule has 0 aliphatic heterocycles. The molecule has 0 spiro atoms. The number of pyridine rings is 1. The number of nitrogens with one attached hydrogen (secondary N) is 1. The van der Waals surface area contributed by atoms with Gasteiger partial charge in [0.2, 0.25) is 0 Å². The van der Waals surface area contributed by atoms with Crippen LogP contribution in [0, 0.1) is 6.92 Å². The van der Waals surface area contributed by atoms with E-state index in [0.29, 0.717) is 5.02 Å². The van der Waals surface area contributed by atoms with Gasteiger partial charge in [0.1, 0.15) is 0 Å². The first-order chi connectivity index (χ1) is 8.20. The van der Waals surface area contributed by atoms with Gasteiger partial charge in [-0.05, 0) is 25.6 Å². The lowest BCUT2D eigenvalue weighted by Gasteiger charge is -2.16. The maximum absolute atomic E-state index is 6.15. The summed E-state index contributed by atoms with van der Waals surface area (Å²) in [6, 6.07) is 2.13. The number of aromatic nitrogens is 2. The fraction of sp³-hybridized carbons (Fsp3) is 0.333. The molecule has 2 rings (SSSR count). The first kappa shape index (κ1) is 12.5. The molecular formula is C12H14ClN3S. The van der Waals surface area contributed by atoms with Crippen LogP contribution < -0.4 is 5.32 Å². The summed E-state index contributed by atoms with van der Waals surface area (Å²) in [6.07, 6.45) is 4.28. The summed E-state index contributed by atoms with van der Waals surface area (Å²) in [5.41, 5.74) is 2.14. The van der Waals surface area contributed by atoms with E-state index in [2.05, 4.69) is 20.7 Å². The SMILES string of the molecule is CNC(Cc1nc(C)cs1)c1ccncc1Cl. The second-order valence-electron chi connectivity index (χ2n) is 3.83. The van der Waals surface area contributed by atoms with Gasteiger partial charge in [-0.1, -0.05) is 11.6 Å². The van der Waals surface area contributed by atoms with Crippen molar-refractivity contribution in [3.63, 3.8) is 0 Å². The van der Waals surface area contributed by atoms with E-state index in [9.17, 15) is 0 Å². The average molecular weight is 268 g/mol. The standard InChI is InChI=1S/C12H14ClN3S/c1-8-7-17-12(16-8)5-11(14-2)9-3-4-15-6-10(9)13/h3-4,6-7,11,14H,5H2,1-2H3. The molecule has 2 aromatic heterocycles. The monoisotopic (exact) mass is 267 g/mol. The molecule has 0 aliphatic carbocycles. The number of hydrogen-bond acceptors (Lipinski definition) is 4. The van der Waals surface area contributed by atoms with Crippen molar-refractivity contribution in [3.8, 4) is 0 Å². The van der Waals surface area contributed by atoms with Crippen molar-refractivity contribution in [1.29, 1.82) is 0 Å². The van der Waals surface area contributed by atoms with Crippen LogP contribution >= 0.6 is 22.9 Å². The molecule has 5 heteroatoms. The summed E-state index contributed by atoms with van der Waals surface area (Å²) in [6.45, 7) is 2.01. The number of hydrogen-bond donors (Lipinski definition) is 1. The van der Waals surface area contributed by atoms with Crippen molar-refractivity contribution in [3.05, 3.63) is 45.1 Å². The maximum atomic E-state index is 6.15. The largest absolute Gasteiger partial charge is 0.313 e. The van der Waals surface area contributed by atoms with E-state index in [1.54, 1.807) is 23.7 Å². The fourth-order valence-electron chi connectivity index (χ4n) is 1.71. The number of thiazole rings is 1. The molecule has 0 bridgehead atoms. The van der Waals surface area contributed by atoms with Crippen molar-refractivity contribution < 1.29 is 0 Å². The molecule has 17 heavy (non-hydrogen) atoms. The van der Waals surface area contributed by atoms with Crippen molar-refractivity contribution in [1.82, 2.24) is 15.3 Å². The molecule has 1 unspecified atom stereocenters. The van der Waals surface area contributed by atoms with E-state index in [-0.39, 0.29) is 6.04 Å². The normalized spacial score (nSPS) is 12.6. The third-order valence-corrected chi connectivity index (χ3v) is 3.88. The van der Waals surface area contributed by atoms with Crippen LogP contribution in [0.4, 0.5) is 0 Å². The van der Waals surface area contributed by atoms with E-state index < -0.39 is 0 Å². The maximum Gasteiger partial charge on any atom is 0.0947 e. The van der Waals surface area contributed by atoms with Gasteiger partial charge in [-0.15, -0.1) is 11.3 Å². The zero-order valence-corrected chi connectivity index (χ0v) is 11.3. The second-order valence-corrected chi connectivity index (χ2v) is 5.18.